The largest absolute Gasteiger partial charge is 0.494 e. The van der Waals surface area contributed by atoms with Crippen LogP contribution in [-0.4, -0.2) is 63.8 Å². The zero-order valence-corrected chi connectivity index (χ0v) is 18.9. The van der Waals surface area contributed by atoms with E-state index in [1.165, 1.54) is 16.2 Å². The lowest BCUT2D eigenvalue weighted by Gasteiger charge is -2.25. The smallest absolute Gasteiger partial charge is 0.282 e. The lowest BCUT2D eigenvalue weighted by molar-refractivity contribution is -0.120. The Morgan fingerprint density at radius 3 is 2.32 bits per heavy atom. The third-order valence-electron chi connectivity index (χ3n) is 4.82. The van der Waals surface area contributed by atoms with E-state index < -0.39 is 0 Å². The van der Waals surface area contributed by atoms with Crippen molar-refractivity contribution in [2.24, 2.45) is 0 Å². The van der Waals surface area contributed by atoms with Gasteiger partial charge in [-0.15, -0.1) is 11.3 Å². The predicted molar refractivity (Wildman–Crippen MR) is 121 cm³/mol. The molecular formula is C23H28N2O5S. The van der Waals surface area contributed by atoms with Crippen molar-refractivity contribution in [1.29, 1.82) is 0 Å². The lowest BCUT2D eigenvalue weighted by atomic mass is 10.1. The number of methoxy groups -OCH3 is 2. The summed E-state index contributed by atoms with van der Waals surface area (Å²) in [7, 11) is 3.22. The van der Waals surface area contributed by atoms with Gasteiger partial charge in [-0.05, 0) is 30.0 Å². The van der Waals surface area contributed by atoms with Crippen molar-refractivity contribution in [3.63, 3.8) is 0 Å². The Morgan fingerprint density at radius 1 is 0.968 bits per heavy atom. The Bertz CT molecular complexity index is 918. The molecule has 31 heavy (non-hydrogen) atoms. The average Bonchev–Trinajstić information content (AvgIpc) is 3.39. The fraction of sp³-hybridized carbons (Fsp3) is 0.391. The molecule has 1 aromatic carbocycles. The lowest BCUT2D eigenvalue weighted by Crippen LogP contribution is -2.37. The zero-order valence-electron chi connectivity index (χ0n) is 18.1. The Balaban J connectivity index is 2.02. The number of hydrogen-bond acceptors (Lipinski definition) is 7. The van der Waals surface area contributed by atoms with Gasteiger partial charge in [0.25, 0.3) is 11.8 Å². The number of anilines is 1. The normalized spacial score (nSPS) is 14.0. The number of imide groups is 1. The van der Waals surface area contributed by atoms with Crippen molar-refractivity contribution in [1.82, 2.24) is 4.90 Å². The van der Waals surface area contributed by atoms with Gasteiger partial charge in [-0.2, -0.15) is 0 Å². The summed E-state index contributed by atoms with van der Waals surface area (Å²) < 4.78 is 16.2. The summed E-state index contributed by atoms with van der Waals surface area (Å²) in [5.41, 5.74) is 1.28. The van der Waals surface area contributed by atoms with Gasteiger partial charge in [-0.25, -0.2) is 4.90 Å². The highest BCUT2D eigenvalue weighted by molar-refractivity contribution is 7.11. The molecule has 2 amide bonds. The van der Waals surface area contributed by atoms with E-state index >= 15 is 0 Å². The van der Waals surface area contributed by atoms with Gasteiger partial charge >= 0.3 is 0 Å². The van der Waals surface area contributed by atoms with Crippen molar-refractivity contribution in [2.45, 2.75) is 13.3 Å². The van der Waals surface area contributed by atoms with Crippen LogP contribution in [0.15, 0.2) is 47.5 Å². The number of thiophene rings is 1. The molecule has 3 rings (SSSR count). The molecule has 0 unspecified atom stereocenters. The Kier molecular flexibility index (Phi) is 8.22. The molecule has 166 valence electrons. The van der Waals surface area contributed by atoms with Crippen LogP contribution in [0.25, 0.3) is 5.57 Å². The fourth-order valence-electron chi connectivity index (χ4n) is 3.36. The van der Waals surface area contributed by atoms with Gasteiger partial charge in [-0.3, -0.25) is 9.59 Å². The van der Waals surface area contributed by atoms with E-state index in [0.29, 0.717) is 55.6 Å². The molecule has 0 N–H and O–H groups in total. The van der Waals surface area contributed by atoms with Gasteiger partial charge in [-0.1, -0.05) is 19.1 Å². The van der Waals surface area contributed by atoms with Gasteiger partial charge in [0.1, 0.15) is 11.4 Å². The molecular weight excluding hydrogens is 416 g/mol. The number of hydrogen-bond donors (Lipinski definition) is 0. The van der Waals surface area contributed by atoms with Crippen LogP contribution in [0, 0.1) is 0 Å². The molecule has 1 aliphatic rings. The summed E-state index contributed by atoms with van der Waals surface area (Å²) in [5.74, 6) is -0.0649. The van der Waals surface area contributed by atoms with E-state index in [1.54, 1.807) is 32.4 Å². The summed E-state index contributed by atoms with van der Waals surface area (Å²) in [4.78, 5) is 31.0. The highest BCUT2D eigenvalue weighted by atomic mass is 32.1. The third kappa shape index (κ3) is 5.15. The quantitative estimate of drug-likeness (QED) is 0.468. The molecule has 0 bridgehead atoms. The molecule has 1 aromatic heterocycles. The van der Waals surface area contributed by atoms with E-state index in [0.717, 1.165) is 11.3 Å². The minimum absolute atomic E-state index is 0.338. The van der Waals surface area contributed by atoms with Crippen LogP contribution >= 0.6 is 11.3 Å². The first kappa shape index (κ1) is 23.0. The molecule has 0 atom stereocenters. The van der Waals surface area contributed by atoms with Crippen LogP contribution in [-0.2, 0) is 19.1 Å². The average molecular weight is 445 g/mol. The van der Waals surface area contributed by atoms with E-state index in [-0.39, 0.29) is 11.8 Å². The number of benzene rings is 1. The Labute approximate surface area is 186 Å². The van der Waals surface area contributed by atoms with Crippen LogP contribution in [0.3, 0.4) is 0 Å². The number of carbonyl (C=O) groups excluding carboxylic acids is 2. The standard InChI is InChI=1S/C23H28N2O5S/c1-4-12-30-18-8-5-7-17(16-18)25-22(26)20(19-9-6-15-31-19)21(23(25)27)24(10-13-28-2)11-14-29-3/h5-9,15-16H,4,10-14H2,1-3H3. The van der Waals surface area contributed by atoms with Crippen molar-refractivity contribution in [3.8, 4) is 5.75 Å². The first-order valence-corrected chi connectivity index (χ1v) is 11.1. The maximum Gasteiger partial charge on any atom is 0.282 e. The Hall–Kier alpha value is -2.68. The van der Waals surface area contributed by atoms with Gasteiger partial charge in [0.15, 0.2) is 0 Å². The minimum atomic E-state index is -0.353. The first-order valence-electron chi connectivity index (χ1n) is 10.2. The third-order valence-corrected chi connectivity index (χ3v) is 5.71. The molecule has 2 aromatic rings. The van der Waals surface area contributed by atoms with Gasteiger partial charge < -0.3 is 19.1 Å². The molecule has 0 saturated carbocycles. The second kappa shape index (κ2) is 11.1. The first-order chi connectivity index (χ1) is 15.1. The number of nitrogens with zero attached hydrogens (tertiary/aromatic N) is 2. The maximum absolute atomic E-state index is 13.6. The van der Waals surface area contributed by atoms with Crippen molar-refractivity contribution in [3.05, 3.63) is 52.4 Å². The van der Waals surface area contributed by atoms with Crippen LogP contribution in [0.4, 0.5) is 5.69 Å². The van der Waals surface area contributed by atoms with E-state index in [4.69, 9.17) is 14.2 Å². The van der Waals surface area contributed by atoms with Crippen molar-refractivity contribution in [2.75, 3.05) is 52.0 Å². The summed E-state index contributed by atoms with van der Waals surface area (Å²) in [6, 6.07) is 10.8. The molecule has 0 radical (unpaired) electrons. The molecule has 0 spiro atoms. The molecule has 0 saturated heterocycles. The zero-order chi connectivity index (χ0) is 22.2. The second-order valence-corrected chi connectivity index (χ2v) is 7.91. The van der Waals surface area contributed by atoms with Crippen LogP contribution in [0.5, 0.6) is 5.75 Å². The molecule has 7 nitrogen and oxygen atoms in total. The highest BCUT2D eigenvalue weighted by Crippen LogP contribution is 2.37. The van der Waals surface area contributed by atoms with E-state index in [2.05, 4.69) is 0 Å². The number of amides is 2. The topological polar surface area (TPSA) is 68.3 Å². The number of ether oxygens (including phenoxy) is 3. The van der Waals surface area contributed by atoms with E-state index in [9.17, 15) is 9.59 Å². The summed E-state index contributed by atoms with van der Waals surface area (Å²) in [6.07, 6.45) is 0.869. The minimum Gasteiger partial charge on any atom is -0.494 e. The SMILES string of the molecule is CCCOc1cccc(N2C(=O)C(c3cccs3)=C(N(CCOC)CCOC)C2=O)c1. The summed E-state index contributed by atoms with van der Waals surface area (Å²) >= 11 is 1.43. The van der Waals surface area contributed by atoms with Crippen LogP contribution in [0.2, 0.25) is 0 Å². The van der Waals surface area contributed by atoms with Crippen LogP contribution < -0.4 is 9.64 Å². The predicted octanol–water partition coefficient (Wildman–Crippen LogP) is 3.42. The molecule has 0 fully saturated rings. The van der Waals surface area contributed by atoms with Gasteiger partial charge in [0, 0.05) is 38.3 Å². The second-order valence-electron chi connectivity index (χ2n) is 6.97. The monoisotopic (exact) mass is 444 g/mol. The van der Waals surface area contributed by atoms with Crippen LogP contribution in [0.1, 0.15) is 18.2 Å². The Morgan fingerprint density at radius 2 is 1.71 bits per heavy atom. The number of carbonyl (C=O) groups is 2. The molecule has 0 aliphatic carbocycles. The molecule has 1 aliphatic heterocycles. The summed E-state index contributed by atoms with van der Waals surface area (Å²) in [6.45, 7) is 4.37. The van der Waals surface area contributed by atoms with Gasteiger partial charge in [0.05, 0.1) is 31.1 Å². The highest BCUT2D eigenvalue weighted by Gasteiger charge is 2.42. The van der Waals surface area contributed by atoms with Crippen molar-refractivity contribution < 1.29 is 23.8 Å². The van der Waals surface area contributed by atoms with E-state index in [1.807, 2.05) is 35.4 Å². The number of rotatable bonds is 12. The van der Waals surface area contributed by atoms with Crippen molar-refractivity contribution >= 4 is 34.4 Å². The fourth-order valence-corrected chi connectivity index (χ4v) is 4.12. The molecule has 2 heterocycles. The summed E-state index contributed by atoms with van der Waals surface area (Å²) in [5, 5.41) is 1.90. The molecule has 8 heteroatoms. The van der Waals surface area contributed by atoms with Gasteiger partial charge in [0.2, 0.25) is 0 Å². The maximum atomic E-state index is 13.6.